The molecule has 4 rings (SSSR count). The lowest BCUT2D eigenvalue weighted by Crippen LogP contribution is -2.33. The number of nitrogens with zero attached hydrogens (tertiary/aromatic N) is 1. The second kappa shape index (κ2) is 8.47. The van der Waals surface area contributed by atoms with Crippen LogP contribution >= 0.6 is 34.5 Å². The van der Waals surface area contributed by atoms with Crippen LogP contribution in [0.5, 0.6) is 5.88 Å². The first-order valence-electron chi connectivity index (χ1n) is 8.88. The van der Waals surface area contributed by atoms with E-state index < -0.39 is 21.6 Å². The maximum absolute atomic E-state index is 12.5. The van der Waals surface area contributed by atoms with Crippen molar-refractivity contribution in [1.82, 2.24) is 9.29 Å². The molecule has 0 spiro atoms. The summed E-state index contributed by atoms with van der Waals surface area (Å²) in [5.74, 6) is -0.217. The van der Waals surface area contributed by atoms with Gasteiger partial charge in [-0.05, 0) is 41.8 Å². The number of fused-ring (bicyclic) bond motifs is 1. The van der Waals surface area contributed by atoms with Crippen LogP contribution in [0.4, 0.5) is 10.5 Å². The molecule has 8 nitrogen and oxygen atoms in total. The summed E-state index contributed by atoms with van der Waals surface area (Å²) in [5, 5.41) is 14.1. The molecule has 0 unspecified atom stereocenters. The molecule has 0 saturated heterocycles. The molecule has 0 radical (unpaired) electrons. The van der Waals surface area contributed by atoms with Crippen LogP contribution in [0.1, 0.15) is 0 Å². The maximum Gasteiger partial charge on any atom is 0.333 e. The van der Waals surface area contributed by atoms with E-state index in [2.05, 4.69) is 5.32 Å². The molecule has 0 fully saturated rings. The molecule has 2 amide bonds. The molecule has 2 aromatic carbocycles. The highest BCUT2D eigenvalue weighted by molar-refractivity contribution is 7.92. The lowest BCUT2D eigenvalue weighted by molar-refractivity contribution is 0.256. The number of halogens is 2. The first-order valence-corrected chi connectivity index (χ1v) is 11.9. The number of benzene rings is 2. The maximum atomic E-state index is 12.5. The van der Waals surface area contributed by atoms with Crippen LogP contribution in [0, 0.1) is 0 Å². The van der Waals surface area contributed by atoms with Crippen LogP contribution in [0.3, 0.4) is 0 Å². The Morgan fingerprint density at radius 2 is 1.72 bits per heavy atom. The quantitative estimate of drug-likeness (QED) is 0.372. The number of anilines is 1. The molecular weight excluding hydrogens is 497 g/mol. The molecule has 32 heavy (non-hydrogen) atoms. The van der Waals surface area contributed by atoms with E-state index in [-0.39, 0.29) is 25.1 Å². The van der Waals surface area contributed by atoms with Gasteiger partial charge >= 0.3 is 6.03 Å². The number of aromatic hydroxyl groups is 1. The summed E-state index contributed by atoms with van der Waals surface area (Å²) in [4.78, 5) is 24.6. The first-order chi connectivity index (χ1) is 15.2. The summed E-state index contributed by atoms with van der Waals surface area (Å²) >= 11 is 12.3. The Morgan fingerprint density at radius 3 is 2.38 bits per heavy atom. The zero-order valence-electron chi connectivity index (χ0n) is 15.9. The lowest BCUT2D eigenvalue weighted by atomic mass is 10.1. The van der Waals surface area contributed by atoms with Gasteiger partial charge in [0, 0.05) is 17.1 Å². The van der Waals surface area contributed by atoms with Crippen LogP contribution in [-0.4, -0.2) is 24.1 Å². The van der Waals surface area contributed by atoms with E-state index in [0.717, 1.165) is 22.0 Å². The van der Waals surface area contributed by atoms with E-state index >= 15 is 0 Å². The summed E-state index contributed by atoms with van der Waals surface area (Å²) in [6.07, 6.45) is 0. The number of carbonyl (C=O) groups is 1. The summed E-state index contributed by atoms with van der Waals surface area (Å²) in [5.41, 5.74) is 0.190. The topological polar surface area (TPSA) is 118 Å². The van der Waals surface area contributed by atoms with Crippen molar-refractivity contribution in [2.75, 3.05) is 5.32 Å². The Kier molecular flexibility index (Phi) is 5.87. The summed E-state index contributed by atoms with van der Waals surface area (Å²) in [6, 6.07) is 14.4. The van der Waals surface area contributed by atoms with Crippen molar-refractivity contribution in [2.24, 2.45) is 0 Å². The Labute approximate surface area is 195 Å². The number of rotatable bonds is 4. The fraction of sp³-hybridized carbons (Fsp3) is 0. The second-order valence-electron chi connectivity index (χ2n) is 6.52. The molecule has 0 aliphatic carbocycles. The van der Waals surface area contributed by atoms with E-state index in [1.165, 1.54) is 30.3 Å². The van der Waals surface area contributed by atoms with E-state index in [1.54, 1.807) is 24.3 Å². The van der Waals surface area contributed by atoms with Crippen molar-refractivity contribution in [3.63, 3.8) is 0 Å². The summed E-state index contributed by atoms with van der Waals surface area (Å²) in [6.45, 7) is 0. The molecule has 12 heteroatoms. The highest BCUT2D eigenvalue weighted by atomic mass is 35.5. The normalized spacial score (nSPS) is 11.4. The van der Waals surface area contributed by atoms with E-state index in [9.17, 15) is 23.1 Å². The standard InChI is InChI=1S/C20H13Cl2N3O5S2/c21-15-10-17(31-18(15)22)32(29,30)24-20(28)23-12-5-7-13(8-6-12)25-16(26)9-11-3-1-2-4-14(11)19(25)27/h1-10,27H,(H2,23,24,28). The van der Waals surface area contributed by atoms with Gasteiger partial charge in [0.1, 0.15) is 8.55 Å². The van der Waals surface area contributed by atoms with Gasteiger partial charge in [-0.25, -0.2) is 22.5 Å². The first kappa shape index (κ1) is 22.2. The molecule has 164 valence electrons. The highest BCUT2D eigenvalue weighted by Crippen LogP contribution is 2.34. The second-order valence-corrected chi connectivity index (χ2v) is 10.5. The number of pyridine rings is 1. The van der Waals surface area contributed by atoms with Crippen LogP contribution in [0.15, 0.2) is 69.7 Å². The van der Waals surface area contributed by atoms with Crippen LogP contribution in [0.25, 0.3) is 16.5 Å². The lowest BCUT2D eigenvalue weighted by Gasteiger charge is -2.12. The van der Waals surface area contributed by atoms with Gasteiger partial charge in [-0.15, -0.1) is 11.3 Å². The predicted octanol–water partition coefficient (Wildman–Crippen LogP) is 4.58. The monoisotopic (exact) mass is 509 g/mol. The van der Waals surface area contributed by atoms with Gasteiger partial charge in [0.25, 0.3) is 15.6 Å². The van der Waals surface area contributed by atoms with E-state index in [1.807, 2.05) is 4.72 Å². The molecule has 3 N–H and O–H groups in total. The third-order valence-electron chi connectivity index (χ3n) is 4.41. The Hall–Kier alpha value is -3.05. The Balaban J connectivity index is 1.54. The molecule has 0 bridgehead atoms. The number of urea groups is 1. The number of hydrogen-bond acceptors (Lipinski definition) is 6. The minimum Gasteiger partial charge on any atom is -0.494 e. The average molecular weight is 510 g/mol. The molecule has 0 saturated carbocycles. The number of nitrogens with one attached hydrogen (secondary N) is 2. The largest absolute Gasteiger partial charge is 0.494 e. The van der Waals surface area contributed by atoms with Crippen molar-refractivity contribution in [1.29, 1.82) is 0 Å². The van der Waals surface area contributed by atoms with Gasteiger partial charge in [-0.1, -0.05) is 41.4 Å². The smallest absolute Gasteiger partial charge is 0.333 e. The van der Waals surface area contributed by atoms with Gasteiger partial charge in [-0.2, -0.15) is 0 Å². The van der Waals surface area contributed by atoms with Crippen LogP contribution < -0.4 is 15.6 Å². The summed E-state index contributed by atoms with van der Waals surface area (Å²) < 4.78 is 27.4. The summed E-state index contributed by atoms with van der Waals surface area (Å²) in [7, 11) is -4.16. The van der Waals surface area contributed by atoms with Gasteiger partial charge < -0.3 is 10.4 Å². The number of sulfonamides is 1. The molecule has 2 aromatic heterocycles. The average Bonchev–Trinajstić information content (AvgIpc) is 3.08. The van der Waals surface area contributed by atoms with Crippen molar-refractivity contribution in [3.8, 4) is 11.6 Å². The molecular formula is C20H13Cl2N3O5S2. The SMILES string of the molecule is O=C(Nc1ccc(-n2c(O)c3ccccc3cc2=O)cc1)NS(=O)(=O)c1cc(Cl)c(Cl)s1. The molecule has 4 aromatic rings. The zero-order valence-corrected chi connectivity index (χ0v) is 19.0. The molecule has 0 aliphatic heterocycles. The number of aromatic nitrogens is 1. The predicted molar refractivity (Wildman–Crippen MR) is 125 cm³/mol. The third-order valence-corrected chi connectivity index (χ3v) is 8.08. The number of carbonyl (C=O) groups excluding carboxylic acids is 1. The van der Waals surface area contributed by atoms with Gasteiger partial charge in [0.15, 0.2) is 0 Å². The Bertz CT molecular complexity index is 1490. The fourth-order valence-corrected chi connectivity index (χ4v) is 5.77. The molecule has 2 heterocycles. The third kappa shape index (κ3) is 4.30. The Morgan fingerprint density at radius 1 is 1.03 bits per heavy atom. The number of hydrogen-bond donors (Lipinski definition) is 3. The van der Waals surface area contributed by atoms with Crippen molar-refractivity contribution in [3.05, 3.63) is 80.4 Å². The van der Waals surface area contributed by atoms with Crippen molar-refractivity contribution in [2.45, 2.75) is 4.21 Å². The van der Waals surface area contributed by atoms with Gasteiger partial charge in [0.2, 0.25) is 5.88 Å². The van der Waals surface area contributed by atoms with Gasteiger partial charge in [0.05, 0.1) is 10.7 Å². The van der Waals surface area contributed by atoms with E-state index in [0.29, 0.717) is 16.5 Å². The van der Waals surface area contributed by atoms with Crippen molar-refractivity contribution < 1.29 is 18.3 Å². The minimum atomic E-state index is -4.16. The molecule has 0 aliphatic rings. The minimum absolute atomic E-state index is 0.0697. The highest BCUT2D eigenvalue weighted by Gasteiger charge is 2.22. The van der Waals surface area contributed by atoms with Crippen LogP contribution in [-0.2, 0) is 10.0 Å². The van der Waals surface area contributed by atoms with Crippen molar-refractivity contribution >= 4 is 67.1 Å². The van der Waals surface area contributed by atoms with E-state index in [4.69, 9.17) is 23.2 Å². The fourth-order valence-electron chi connectivity index (χ4n) is 2.98. The molecule has 0 atom stereocenters. The number of thiophene rings is 1. The van der Waals surface area contributed by atoms with Crippen LogP contribution in [0.2, 0.25) is 9.36 Å². The number of amides is 2. The zero-order chi connectivity index (χ0) is 23.0. The van der Waals surface area contributed by atoms with Gasteiger partial charge in [-0.3, -0.25) is 4.79 Å².